The van der Waals surface area contributed by atoms with Crippen molar-refractivity contribution in [2.45, 2.75) is 65.3 Å². The van der Waals surface area contributed by atoms with Gasteiger partial charge in [0, 0.05) is 29.7 Å². The van der Waals surface area contributed by atoms with Gasteiger partial charge >= 0.3 is 0 Å². The Labute approximate surface area is 169 Å². The Balaban J connectivity index is 2.16. The highest BCUT2D eigenvalue weighted by atomic mass is 32.2. The quantitative estimate of drug-likeness (QED) is 0.530. The number of rotatable bonds is 7. The maximum absolute atomic E-state index is 12.9. The van der Waals surface area contributed by atoms with Crippen LogP contribution in [0.1, 0.15) is 63.4 Å². The molecule has 27 heavy (non-hydrogen) atoms. The van der Waals surface area contributed by atoms with Crippen LogP contribution in [-0.4, -0.2) is 44.0 Å². The van der Waals surface area contributed by atoms with Gasteiger partial charge < -0.3 is 15.0 Å². The fraction of sp³-hybridized carbons (Fsp3) is 0.682. The summed E-state index contributed by atoms with van der Waals surface area (Å²) in [5.74, 6) is 1.00. The second kappa shape index (κ2) is 9.83. The molecule has 1 fully saturated rings. The second-order valence-corrected chi connectivity index (χ2v) is 9.91. The average Bonchev–Trinajstić information content (AvgIpc) is 2.58. The molecule has 1 aromatic carbocycles. The van der Waals surface area contributed by atoms with E-state index in [1.807, 2.05) is 0 Å². The molecule has 152 valence electrons. The first-order valence-corrected chi connectivity index (χ1v) is 11.1. The third kappa shape index (κ3) is 6.42. The summed E-state index contributed by atoms with van der Waals surface area (Å²) in [5.41, 5.74) is 3.39. The van der Waals surface area contributed by atoms with Gasteiger partial charge in [-0.1, -0.05) is 27.7 Å². The van der Waals surface area contributed by atoms with Crippen molar-refractivity contribution in [2.75, 3.05) is 37.0 Å². The Morgan fingerprint density at radius 2 is 2.11 bits per heavy atom. The highest BCUT2D eigenvalue weighted by Gasteiger charge is 2.23. The Morgan fingerprint density at radius 1 is 1.37 bits per heavy atom. The van der Waals surface area contributed by atoms with Gasteiger partial charge in [-0.05, 0) is 55.6 Å². The molecular weight excluding hydrogens is 356 g/mol. The normalized spacial score (nSPS) is 17.9. The minimum atomic E-state index is 0.0546. The van der Waals surface area contributed by atoms with Crippen LogP contribution in [0.5, 0.6) is 0 Å². The van der Waals surface area contributed by atoms with E-state index < -0.39 is 0 Å². The number of nitrogens with zero attached hydrogens (tertiary/aromatic N) is 1. The molecule has 1 N–H and O–H groups in total. The Bertz CT molecular complexity index is 640. The van der Waals surface area contributed by atoms with Gasteiger partial charge in [0.1, 0.15) is 0 Å². The molecule has 5 heteroatoms. The molecule has 1 atom stereocenters. The number of ether oxygens (including phenoxy) is 1. The number of carbonyl (C=O) groups is 1. The van der Waals surface area contributed by atoms with E-state index in [1.165, 1.54) is 5.69 Å². The van der Waals surface area contributed by atoms with Gasteiger partial charge in [0.25, 0.3) is 5.91 Å². The summed E-state index contributed by atoms with van der Waals surface area (Å²) in [7, 11) is 0. The minimum Gasteiger partial charge on any atom is -0.377 e. The highest BCUT2D eigenvalue weighted by Crippen LogP contribution is 2.32. The number of carbonyl (C=O) groups excluding carboxylic acids is 1. The van der Waals surface area contributed by atoms with Gasteiger partial charge in [-0.15, -0.1) is 11.8 Å². The Morgan fingerprint density at radius 3 is 2.74 bits per heavy atom. The summed E-state index contributed by atoms with van der Waals surface area (Å²) in [6, 6.07) is 4.70. The monoisotopic (exact) mass is 392 g/mol. The van der Waals surface area contributed by atoms with Crippen LogP contribution in [0.4, 0.5) is 5.69 Å². The van der Waals surface area contributed by atoms with E-state index in [1.54, 1.807) is 11.8 Å². The van der Waals surface area contributed by atoms with Crippen LogP contribution in [0, 0.1) is 12.3 Å². The number of aryl methyl sites for hydroxylation is 1. The number of anilines is 1. The lowest BCUT2D eigenvalue weighted by atomic mass is 9.91. The standard InChI is InChI=1S/C22H36N2O2S/c1-7-27-19-14-18(24-11-12-26-15-17(24)3)13-16(2)20(19)21(25)23-10-8-9-22(4,5)6/h13-14,17H,7-12,15H2,1-6H3,(H,23,25). The molecule has 1 saturated heterocycles. The molecule has 0 spiro atoms. The molecule has 0 aromatic heterocycles. The first-order chi connectivity index (χ1) is 12.7. The summed E-state index contributed by atoms with van der Waals surface area (Å²) in [4.78, 5) is 16.4. The SMILES string of the molecule is CCSc1cc(N2CCOCC2C)cc(C)c1C(=O)NCCCC(C)(C)C. The fourth-order valence-electron chi connectivity index (χ4n) is 3.48. The van der Waals surface area contributed by atoms with Crippen molar-refractivity contribution in [3.63, 3.8) is 0 Å². The molecule has 2 rings (SSSR count). The molecule has 1 unspecified atom stereocenters. The summed E-state index contributed by atoms with van der Waals surface area (Å²) >= 11 is 1.75. The van der Waals surface area contributed by atoms with Crippen molar-refractivity contribution >= 4 is 23.4 Å². The van der Waals surface area contributed by atoms with E-state index >= 15 is 0 Å². The molecule has 1 aliphatic heterocycles. The second-order valence-electron chi connectivity index (χ2n) is 8.61. The summed E-state index contributed by atoms with van der Waals surface area (Å²) in [6.07, 6.45) is 2.12. The van der Waals surface area contributed by atoms with Gasteiger partial charge in [-0.3, -0.25) is 4.79 Å². The molecule has 0 aliphatic carbocycles. The summed E-state index contributed by atoms with van der Waals surface area (Å²) in [6.45, 7) is 16.2. The van der Waals surface area contributed by atoms with Crippen molar-refractivity contribution in [3.05, 3.63) is 23.3 Å². The number of nitrogens with one attached hydrogen (secondary N) is 1. The van der Waals surface area contributed by atoms with Crippen LogP contribution < -0.4 is 10.2 Å². The zero-order chi connectivity index (χ0) is 20.0. The molecule has 1 heterocycles. The number of amides is 1. The van der Waals surface area contributed by atoms with E-state index in [0.717, 1.165) is 60.9 Å². The van der Waals surface area contributed by atoms with Crippen molar-refractivity contribution < 1.29 is 9.53 Å². The van der Waals surface area contributed by atoms with Gasteiger partial charge in [0.15, 0.2) is 0 Å². The van der Waals surface area contributed by atoms with Crippen molar-refractivity contribution in [2.24, 2.45) is 5.41 Å². The average molecular weight is 393 g/mol. The number of thioether (sulfide) groups is 1. The smallest absolute Gasteiger partial charge is 0.252 e. The first kappa shape index (κ1) is 22.1. The van der Waals surface area contributed by atoms with E-state index in [9.17, 15) is 4.79 Å². The molecule has 1 aliphatic rings. The lowest BCUT2D eigenvalue weighted by Crippen LogP contribution is -2.43. The van der Waals surface area contributed by atoms with Crippen molar-refractivity contribution in [1.82, 2.24) is 5.32 Å². The first-order valence-electron chi connectivity index (χ1n) is 10.1. The van der Waals surface area contributed by atoms with Gasteiger partial charge in [0.05, 0.1) is 18.8 Å². The van der Waals surface area contributed by atoms with Crippen molar-refractivity contribution in [1.29, 1.82) is 0 Å². The Kier molecular flexibility index (Phi) is 8.04. The van der Waals surface area contributed by atoms with E-state index in [2.05, 4.69) is 63.9 Å². The molecule has 1 amide bonds. The van der Waals surface area contributed by atoms with E-state index in [4.69, 9.17) is 4.74 Å². The van der Waals surface area contributed by atoms with Crippen LogP contribution in [0.25, 0.3) is 0 Å². The summed E-state index contributed by atoms with van der Waals surface area (Å²) in [5, 5.41) is 3.13. The van der Waals surface area contributed by atoms with Gasteiger partial charge in [-0.25, -0.2) is 0 Å². The van der Waals surface area contributed by atoms with Crippen LogP contribution in [0.3, 0.4) is 0 Å². The van der Waals surface area contributed by atoms with Crippen LogP contribution in [0.15, 0.2) is 17.0 Å². The number of benzene rings is 1. The predicted molar refractivity (Wildman–Crippen MR) is 116 cm³/mol. The third-order valence-electron chi connectivity index (χ3n) is 4.90. The molecule has 0 saturated carbocycles. The number of hydrogen-bond donors (Lipinski definition) is 1. The topological polar surface area (TPSA) is 41.6 Å². The maximum Gasteiger partial charge on any atom is 0.252 e. The van der Waals surface area contributed by atoms with Crippen molar-refractivity contribution in [3.8, 4) is 0 Å². The zero-order valence-electron chi connectivity index (χ0n) is 17.9. The minimum absolute atomic E-state index is 0.0546. The van der Waals surface area contributed by atoms with Gasteiger partial charge in [0.2, 0.25) is 0 Å². The Hall–Kier alpha value is -1.20. The number of morpholine rings is 1. The molecule has 0 bridgehead atoms. The van der Waals surface area contributed by atoms with Crippen LogP contribution in [0.2, 0.25) is 0 Å². The zero-order valence-corrected chi connectivity index (χ0v) is 18.7. The predicted octanol–water partition coefficient (Wildman–Crippen LogP) is 4.89. The van der Waals surface area contributed by atoms with E-state index in [0.29, 0.717) is 11.5 Å². The van der Waals surface area contributed by atoms with Gasteiger partial charge in [-0.2, -0.15) is 0 Å². The third-order valence-corrected chi connectivity index (χ3v) is 5.82. The molecule has 4 nitrogen and oxygen atoms in total. The lowest BCUT2D eigenvalue weighted by molar-refractivity contribution is 0.0947. The molecular formula is C22H36N2O2S. The van der Waals surface area contributed by atoms with E-state index in [-0.39, 0.29) is 5.91 Å². The highest BCUT2D eigenvalue weighted by molar-refractivity contribution is 7.99. The number of hydrogen-bond acceptors (Lipinski definition) is 4. The summed E-state index contributed by atoms with van der Waals surface area (Å²) < 4.78 is 5.57. The molecule has 0 radical (unpaired) electrons. The molecule has 1 aromatic rings. The maximum atomic E-state index is 12.9. The van der Waals surface area contributed by atoms with Crippen LogP contribution in [-0.2, 0) is 4.74 Å². The fourth-order valence-corrected chi connectivity index (χ4v) is 4.40. The largest absolute Gasteiger partial charge is 0.377 e. The van der Waals surface area contributed by atoms with Crippen LogP contribution >= 0.6 is 11.8 Å². The lowest BCUT2D eigenvalue weighted by Gasteiger charge is -2.36.